The Kier molecular flexibility index (Phi) is 3.80. The molecule has 2 aliphatic heterocycles. The fourth-order valence-corrected chi connectivity index (χ4v) is 3.28. The SMILES string of the molecule is COC(=O)[C@@H]1Cc2ccccc2CN1C(=O)c1ccc2c(c1)OCO2. The summed E-state index contributed by atoms with van der Waals surface area (Å²) in [6.07, 6.45) is 0.444. The third kappa shape index (κ3) is 2.69. The van der Waals surface area contributed by atoms with Gasteiger partial charge < -0.3 is 19.1 Å². The molecule has 2 aromatic rings. The van der Waals surface area contributed by atoms with Gasteiger partial charge in [0.05, 0.1) is 7.11 Å². The Morgan fingerprint density at radius 2 is 1.84 bits per heavy atom. The fourth-order valence-electron chi connectivity index (χ4n) is 3.28. The lowest BCUT2D eigenvalue weighted by molar-refractivity contribution is -0.146. The second kappa shape index (κ2) is 6.12. The summed E-state index contributed by atoms with van der Waals surface area (Å²) in [7, 11) is 1.34. The van der Waals surface area contributed by atoms with Gasteiger partial charge in [-0.2, -0.15) is 0 Å². The maximum Gasteiger partial charge on any atom is 0.328 e. The van der Waals surface area contributed by atoms with Crippen molar-refractivity contribution in [2.24, 2.45) is 0 Å². The van der Waals surface area contributed by atoms with E-state index >= 15 is 0 Å². The zero-order valence-electron chi connectivity index (χ0n) is 13.7. The van der Waals surface area contributed by atoms with Gasteiger partial charge in [0.2, 0.25) is 6.79 Å². The number of hydrogen-bond acceptors (Lipinski definition) is 5. The smallest absolute Gasteiger partial charge is 0.328 e. The van der Waals surface area contributed by atoms with Crippen LogP contribution in [0, 0.1) is 0 Å². The molecule has 6 heteroatoms. The molecule has 0 saturated carbocycles. The monoisotopic (exact) mass is 339 g/mol. The van der Waals surface area contributed by atoms with Crippen molar-refractivity contribution in [1.29, 1.82) is 0 Å². The van der Waals surface area contributed by atoms with E-state index in [4.69, 9.17) is 14.2 Å². The Morgan fingerprint density at radius 1 is 1.08 bits per heavy atom. The van der Waals surface area contributed by atoms with Crippen molar-refractivity contribution >= 4 is 11.9 Å². The molecule has 0 radical (unpaired) electrons. The summed E-state index contributed by atoms with van der Waals surface area (Å²) in [5.41, 5.74) is 2.56. The molecule has 0 saturated heterocycles. The maximum atomic E-state index is 13.1. The predicted octanol–water partition coefficient (Wildman–Crippen LogP) is 2.16. The topological polar surface area (TPSA) is 65.1 Å². The molecular formula is C19H17NO5. The Labute approximate surface area is 144 Å². The summed E-state index contributed by atoms with van der Waals surface area (Å²) in [4.78, 5) is 26.9. The molecule has 4 rings (SSSR count). The minimum absolute atomic E-state index is 0.148. The normalized spacial score (nSPS) is 17.8. The summed E-state index contributed by atoms with van der Waals surface area (Å²) in [6, 6.07) is 12.2. The molecule has 2 aromatic carbocycles. The number of carbonyl (C=O) groups excluding carboxylic acids is 2. The number of nitrogens with zero attached hydrogens (tertiary/aromatic N) is 1. The van der Waals surface area contributed by atoms with Crippen LogP contribution < -0.4 is 9.47 Å². The largest absolute Gasteiger partial charge is 0.467 e. The number of fused-ring (bicyclic) bond motifs is 2. The second-order valence-electron chi connectivity index (χ2n) is 6.01. The lowest BCUT2D eigenvalue weighted by atomic mass is 9.93. The van der Waals surface area contributed by atoms with Crippen LogP contribution in [0.5, 0.6) is 11.5 Å². The number of amides is 1. The Bertz CT molecular complexity index is 847. The molecular weight excluding hydrogens is 322 g/mol. The number of ether oxygens (including phenoxy) is 3. The number of carbonyl (C=O) groups is 2. The Hall–Kier alpha value is -3.02. The lowest BCUT2D eigenvalue weighted by Crippen LogP contribution is -2.49. The molecule has 25 heavy (non-hydrogen) atoms. The average Bonchev–Trinajstić information content (AvgIpc) is 3.13. The maximum absolute atomic E-state index is 13.1. The molecule has 0 bridgehead atoms. The molecule has 2 aliphatic rings. The van der Waals surface area contributed by atoms with Gasteiger partial charge in [-0.3, -0.25) is 4.79 Å². The van der Waals surface area contributed by atoms with E-state index in [1.54, 1.807) is 23.1 Å². The highest BCUT2D eigenvalue weighted by Crippen LogP contribution is 2.34. The van der Waals surface area contributed by atoms with Crippen LogP contribution in [0.15, 0.2) is 42.5 Å². The van der Waals surface area contributed by atoms with Gasteiger partial charge in [-0.1, -0.05) is 24.3 Å². The standard InChI is InChI=1S/C19H17NO5/c1-23-19(22)15-8-12-4-2-3-5-14(12)10-20(15)18(21)13-6-7-16-17(9-13)25-11-24-16/h2-7,9,15H,8,10-11H2,1H3/t15-/m0/s1. The number of benzene rings is 2. The summed E-state index contributed by atoms with van der Waals surface area (Å²) in [5, 5.41) is 0. The molecule has 2 heterocycles. The van der Waals surface area contributed by atoms with Crippen LogP contribution in [-0.4, -0.2) is 36.7 Å². The van der Waals surface area contributed by atoms with E-state index in [1.807, 2.05) is 24.3 Å². The molecule has 0 fully saturated rings. The van der Waals surface area contributed by atoms with Gasteiger partial charge in [-0.15, -0.1) is 0 Å². The molecule has 0 N–H and O–H groups in total. The second-order valence-corrected chi connectivity index (χ2v) is 6.01. The highest BCUT2D eigenvalue weighted by molar-refractivity contribution is 5.97. The van der Waals surface area contributed by atoms with Gasteiger partial charge in [-0.25, -0.2) is 4.79 Å². The first-order valence-electron chi connectivity index (χ1n) is 8.02. The molecule has 128 valence electrons. The van der Waals surface area contributed by atoms with E-state index in [-0.39, 0.29) is 12.7 Å². The third-order valence-electron chi connectivity index (χ3n) is 4.60. The van der Waals surface area contributed by atoms with Crippen LogP contribution in [-0.2, 0) is 22.5 Å². The van der Waals surface area contributed by atoms with Crippen molar-refractivity contribution in [1.82, 2.24) is 4.90 Å². The first kappa shape index (κ1) is 15.5. The first-order chi connectivity index (χ1) is 12.2. The molecule has 0 aliphatic carbocycles. The van der Waals surface area contributed by atoms with Gasteiger partial charge in [0.15, 0.2) is 11.5 Å². The summed E-state index contributed by atoms with van der Waals surface area (Å²) in [6.45, 7) is 0.512. The van der Waals surface area contributed by atoms with Gasteiger partial charge in [0.25, 0.3) is 5.91 Å². The van der Waals surface area contributed by atoms with E-state index in [0.717, 1.165) is 11.1 Å². The molecule has 0 unspecified atom stereocenters. The molecule has 6 nitrogen and oxygen atoms in total. The molecule has 0 spiro atoms. The third-order valence-corrected chi connectivity index (χ3v) is 4.60. The van der Waals surface area contributed by atoms with Crippen LogP contribution in [0.3, 0.4) is 0 Å². The van der Waals surface area contributed by atoms with Gasteiger partial charge >= 0.3 is 5.97 Å². The van der Waals surface area contributed by atoms with Crippen molar-refractivity contribution in [2.45, 2.75) is 19.0 Å². The van der Waals surface area contributed by atoms with E-state index in [0.29, 0.717) is 30.0 Å². The van der Waals surface area contributed by atoms with Gasteiger partial charge in [0, 0.05) is 18.5 Å². The van der Waals surface area contributed by atoms with Crippen LogP contribution in [0.1, 0.15) is 21.5 Å². The Morgan fingerprint density at radius 3 is 2.64 bits per heavy atom. The van der Waals surface area contributed by atoms with Crippen molar-refractivity contribution < 1.29 is 23.8 Å². The summed E-state index contributed by atoms with van der Waals surface area (Å²) >= 11 is 0. The van der Waals surface area contributed by atoms with Crippen molar-refractivity contribution in [3.63, 3.8) is 0 Å². The average molecular weight is 339 g/mol. The van der Waals surface area contributed by atoms with E-state index < -0.39 is 12.0 Å². The summed E-state index contributed by atoms with van der Waals surface area (Å²) in [5.74, 6) is 0.509. The minimum Gasteiger partial charge on any atom is -0.467 e. The number of esters is 1. The Balaban J connectivity index is 1.68. The van der Waals surface area contributed by atoms with E-state index in [1.165, 1.54) is 7.11 Å². The zero-order valence-corrected chi connectivity index (χ0v) is 13.7. The first-order valence-corrected chi connectivity index (χ1v) is 8.02. The van der Waals surface area contributed by atoms with Gasteiger partial charge in [-0.05, 0) is 29.3 Å². The fraction of sp³-hybridized carbons (Fsp3) is 0.263. The minimum atomic E-state index is -0.641. The number of rotatable bonds is 2. The molecule has 0 aromatic heterocycles. The van der Waals surface area contributed by atoms with Crippen LogP contribution in [0.25, 0.3) is 0 Å². The highest BCUT2D eigenvalue weighted by Gasteiger charge is 2.36. The molecule has 1 amide bonds. The predicted molar refractivity (Wildman–Crippen MR) is 88.4 cm³/mol. The zero-order chi connectivity index (χ0) is 17.4. The van der Waals surface area contributed by atoms with E-state index in [2.05, 4.69) is 0 Å². The lowest BCUT2D eigenvalue weighted by Gasteiger charge is -2.35. The number of hydrogen-bond donors (Lipinski definition) is 0. The quantitative estimate of drug-likeness (QED) is 0.785. The van der Waals surface area contributed by atoms with Crippen LogP contribution in [0.4, 0.5) is 0 Å². The summed E-state index contributed by atoms with van der Waals surface area (Å²) < 4.78 is 15.5. The number of methoxy groups -OCH3 is 1. The highest BCUT2D eigenvalue weighted by atomic mass is 16.7. The van der Waals surface area contributed by atoms with Crippen molar-refractivity contribution in [2.75, 3.05) is 13.9 Å². The van der Waals surface area contributed by atoms with E-state index in [9.17, 15) is 9.59 Å². The van der Waals surface area contributed by atoms with Crippen LogP contribution in [0.2, 0.25) is 0 Å². The van der Waals surface area contributed by atoms with Crippen molar-refractivity contribution in [3.05, 3.63) is 59.2 Å². The molecule has 1 atom stereocenters. The van der Waals surface area contributed by atoms with Crippen LogP contribution >= 0.6 is 0 Å². The van der Waals surface area contributed by atoms with Crippen molar-refractivity contribution in [3.8, 4) is 11.5 Å². The van der Waals surface area contributed by atoms with Gasteiger partial charge in [0.1, 0.15) is 6.04 Å².